The van der Waals surface area contributed by atoms with Crippen LogP contribution in [0.1, 0.15) is 0 Å². The Morgan fingerprint density at radius 3 is 2.74 bits per heavy atom. The molecule has 10 heteroatoms. The molecule has 9 nitrogen and oxygen atoms in total. The first-order valence-electron chi connectivity index (χ1n) is 10.9. The number of hydrogen-bond acceptors (Lipinski definition) is 8. The van der Waals surface area contributed by atoms with Crippen molar-refractivity contribution in [1.82, 2.24) is 35.1 Å². The molecule has 34 heavy (non-hydrogen) atoms. The number of rotatable bonds is 4. The van der Waals surface area contributed by atoms with Crippen molar-refractivity contribution < 1.29 is 0 Å². The molecule has 0 unspecified atom stereocenters. The van der Waals surface area contributed by atoms with Crippen LogP contribution in [0, 0.1) is 0 Å². The number of nitrogens with two attached hydrogens (primary N) is 1. The van der Waals surface area contributed by atoms with Crippen LogP contribution in [-0.2, 0) is 0 Å². The van der Waals surface area contributed by atoms with Crippen LogP contribution in [0.25, 0.3) is 55.8 Å². The van der Waals surface area contributed by atoms with Gasteiger partial charge in [-0.1, -0.05) is 0 Å². The SMILES string of the molecule is NC1CN(c2cncc(-c3ccc4[nH]nc(-c5cc6c(-c7ccsc7)cncc6[nH]5)c4n3)n2)C1. The third kappa shape index (κ3) is 3.07. The number of aromatic amines is 2. The minimum absolute atomic E-state index is 0.195. The molecule has 0 amide bonds. The monoisotopic (exact) mass is 465 g/mol. The van der Waals surface area contributed by atoms with E-state index in [1.807, 2.05) is 24.5 Å². The van der Waals surface area contributed by atoms with Crippen LogP contribution in [-0.4, -0.2) is 54.2 Å². The van der Waals surface area contributed by atoms with Gasteiger partial charge in [-0.25, -0.2) is 9.97 Å². The highest BCUT2D eigenvalue weighted by Gasteiger charge is 2.25. The van der Waals surface area contributed by atoms with Crippen LogP contribution in [0.2, 0.25) is 0 Å². The lowest BCUT2D eigenvalue weighted by Crippen LogP contribution is -2.56. The van der Waals surface area contributed by atoms with Gasteiger partial charge in [-0.05, 0) is 40.6 Å². The van der Waals surface area contributed by atoms with Crippen LogP contribution in [0.3, 0.4) is 0 Å². The molecule has 7 rings (SSSR count). The number of nitrogens with one attached hydrogen (secondary N) is 2. The molecule has 0 spiro atoms. The molecule has 6 aromatic rings. The molecule has 0 aliphatic carbocycles. The third-order valence-electron chi connectivity index (χ3n) is 6.16. The standard InChI is InChI=1S/C24H19N9S/c25-14-10-33(11-14)22-9-27-8-21(29-22)17-1-2-18-23(30-17)24(32-31-18)19-5-15-16(13-3-4-34-12-13)6-26-7-20(15)28-19/h1-9,12,14,28H,10-11,25H2,(H,31,32). The molecule has 0 saturated carbocycles. The van der Waals surface area contributed by atoms with E-state index in [0.717, 1.165) is 69.1 Å². The van der Waals surface area contributed by atoms with Crippen molar-refractivity contribution in [2.75, 3.05) is 18.0 Å². The van der Waals surface area contributed by atoms with E-state index in [2.05, 4.69) is 52.9 Å². The Morgan fingerprint density at radius 2 is 1.88 bits per heavy atom. The van der Waals surface area contributed by atoms with Crippen molar-refractivity contribution in [1.29, 1.82) is 0 Å². The molecule has 7 heterocycles. The minimum atomic E-state index is 0.195. The average Bonchev–Trinajstić information content (AvgIpc) is 3.60. The van der Waals surface area contributed by atoms with E-state index in [9.17, 15) is 0 Å². The van der Waals surface area contributed by atoms with Crippen LogP contribution in [0.5, 0.6) is 0 Å². The Balaban J connectivity index is 1.31. The van der Waals surface area contributed by atoms with E-state index in [1.54, 1.807) is 23.7 Å². The summed E-state index contributed by atoms with van der Waals surface area (Å²) in [7, 11) is 0. The second-order valence-corrected chi connectivity index (χ2v) is 9.22. The lowest BCUT2D eigenvalue weighted by molar-refractivity contribution is 0.514. The molecule has 1 fully saturated rings. The van der Waals surface area contributed by atoms with Crippen molar-refractivity contribution in [3.63, 3.8) is 0 Å². The summed E-state index contributed by atoms with van der Waals surface area (Å²) < 4.78 is 0. The maximum absolute atomic E-state index is 5.92. The first-order chi connectivity index (χ1) is 16.7. The third-order valence-corrected chi connectivity index (χ3v) is 6.84. The highest BCUT2D eigenvalue weighted by Crippen LogP contribution is 2.34. The summed E-state index contributed by atoms with van der Waals surface area (Å²) >= 11 is 1.67. The fraction of sp³-hybridized carbons (Fsp3) is 0.125. The predicted octanol–water partition coefficient (Wildman–Crippen LogP) is 3.83. The van der Waals surface area contributed by atoms with Gasteiger partial charge in [-0.15, -0.1) is 0 Å². The van der Waals surface area contributed by atoms with Gasteiger partial charge in [0, 0.05) is 36.3 Å². The van der Waals surface area contributed by atoms with Gasteiger partial charge >= 0.3 is 0 Å². The molecular weight excluding hydrogens is 446 g/mol. The Bertz CT molecular complexity index is 1640. The van der Waals surface area contributed by atoms with Crippen molar-refractivity contribution in [3.8, 4) is 33.9 Å². The molecule has 6 aromatic heterocycles. The Labute approximate surface area is 197 Å². The molecule has 1 aliphatic rings. The number of anilines is 1. The van der Waals surface area contributed by atoms with Gasteiger partial charge in [0.1, 0.15) is 22.7 Å². The largest absolute Gasteiger partial charge is 0.352 e. The first kappa shape index (κ1) is 19.3. The zero-order valence-electron chi connectivity index (χ0n) is 17.9. The van der Waals surface area contributed by atoms with Gasteiger partial charge < -0.3 is 15.6 Å². The van der Waals surface area contributed by atoms with E-state index in [1.165, 1.54) is 0 Å². The van der Waals surface area contributed by atoms with E-state index < -0.39 is 0 Å². The normalized spacial score (nSPS) is 14.2. The van der Waals surface area contributed by atoms with Gasteiger partial charge in [-0.3, -0.25) is 15.1 Å². The second kappa shape index (κ2) is 7.44. The Kier molecular flexibility index (Phi) is 4.23. The van der Waals surface area contributed by atoms with E-state index in [4.69, 9.17) is 15.7 Å². The molecule has 1 aliphatic heterocycles. The van der Waals surface area contributed by atoms with Gasteiger partial charge in [0.2, 0.25) is 0 Å². The van der Waals surface area contributed by atoms with Crippen LogP contribution in [0.4, 0.5) is 5.82 Å². The van der Waals surface area contributed by atoms with Gasteiger partial charge in [-0.2, -0.15) is 16.4 Å². The second-order valence-electron chi connectivity index (χ2n) is 8.44. The lowest BCUT2D eigenvalue weighted by atomic mass is 10.1. The zero-order valence-corrected chi connectivity index (χ0v) is 18.8. The van der Waals surface area contributed by atoms with Gasteiger partial charge in [0.25, 0.3) is 0 Å². The fourth-order valence-electron chi connectivity index (χ4n) is 4.39. The average molecular weight is 466 g/mol. The minimum Gasteiger partial charge on any atom is -0.352 e. The maximum atomic E-state index is 5.92. The number of pyridine rings is 2. The first-order valence-corrected chi connectivity index (χ1v) is 11.8. The van der Waals surface area contributed by atoms with Crippen molar-refractivity contribution in [3.05, 3.63) is 59.8 Å². The topological polar surface area (TPSA) is 125 Å². The molecule has 0 atom stereocenters. The highest BCUT2D eigenvalue weighted by atomic mass is 32.1. The van der Waals surface area contributed by atoms with Crippen molar-refractivity contribution in [2.24, 2.45) is 5.73 Å². The molecule has 4 N–H and O–H groups in total. The maximum Gasteiger partial charge on any atom is 0.147 e. The number of thiophene rings is 1. The molecule has 0 radical (unpaired) electrons. The summed E-state index contributed by atoms with van der Waals surface area (Å²) in [5, 5.41) is 13.0. The summed E-state index contributed by atoms with van der Waals surface area (Å²) in [5.74, 6) is 0.817. The fourth-order valence-corrected chi connectivity index (χ4v) is 5.04. The van der Waals surface area contributed by atoms with Crippen LogP contribution < -0.4 is 10.6 Å². The summed E-state index contributed by atoms with van der Waals surface area (Å²) in [6, 6.07) is 8.32. The number of nitrogens with zero attached hydrogens (tertiary/aromatic N) is 6. The summed E-state index contributed by atoms with van der Waals surface area (Å²) in [6.45, 7) is 1.58. The highest BCUT2D eigenvalue weighted by molar-refractivity contribution is 7.08. The van der Waals surface area contributed by atoms with Gasteiger partial charge in [0.15, 0.2) is 0 Å². The summed E-state index contributed by atoms with van der Waals surface area (Å²) in [6.07, 6.45) is 7.24. The van der Waals surface area contributed by atoms with Crippen molar-refractivity contribution >= 4 is 39.1 Å². The zero-order chi connectivity index (χ0) is 22.6. The van der Waals surface area contributed by atoms with E-state index in [-0.39, 0.29) is 6.04 Å². The summed E-state index contributed by atoms with van der Waals surface area (Å²) in [5.41, 5.74) is 13.8. The number of H-pyrrole nitrogens is 2. The molecule has 166 valence electrons. The van der Waals surface area contributed by atoms with Crippen LogP contribution >= 0.6 is 11.3 Å². The molecule has 0 bridgehead atoms. The molecule has 0 aromatic carbocycles. The number of aromatic nitrogens is 7. The molecule has 1 saturated heterocycles. The quantitative estimate of drug-likeness (QED) is 0.361. The smallest absolute Gasteiger partial charge is 0.147 e. The number of fused-ring (bicyclic) bond motifs is 2. The van der Waals surface area contributed by atoms with Gasteiger partial charge in [0.05, 0.1) is 41.0 Å². The number of hydrogen-bond donors (Lipinski definition) is 3. The molecular formula is C24H19N9S. The van der Waals surface area contributed by atoms with E-state index >= 15 is 0 Å². The Hall–Kier alpha value is -4.15. The predicted molar refractivity (Wildman–Crippen MR) is 134 cm³/mol. The van der Waals surface area contributed by atoms with E-state index in [0.29, 0.717) is 5.69 Å². The lowest BCUT2D eigenvalue weighted by Gasteiger charge is -2.37. The van der Waals surface area contributed by atoms with Crippen LogP contribution in [0.15, 0.2) is 59.8 Å². The summed E-state index contributed by atoms with van der Waals surface area (Å²) in [4.78, 5) is 24.1. The Morgan fingerprint density at radius 1 is 0.971 bits per heavy atom. The van der Waals surface area contributed by atoms with Crippen molar-refractivity contribution in [2.45, 2.75) is 6.04 Å².